The average Bonchev–Trinajstić information content (AvgIpc) is 3.15. The Labute approximate surface area is 168 Å². The van der Waals surface area contributed by atoms with Crippen LogP contribution in [0.15, 0.2) is 84.9 Å². The highest BCUT2D eigenvalue weighted by Gasteiger charge is 2.18. The second-order valence-electron chi connectivity index (χ2n) is 7.05. The van der Waals surface area contributed by atoms with Crippen molar-refractivity contribution in [2.24, 2.45) is 0 Å². The Hall–Kier alpha value is -4.10. The van der Waals surface area contributed by atoms with Gasteiger partial charge in [-0.1, -0.05) is 60.2 Å². The van der Waals surface area contributed by atoms with E-state index in [4.69, 9.17) is 4.98 Å². The summed E-state index contributed by atoms with van der Waals surface area (Å²) in [5.41, 5.74) is 7.11. The largest absolute Gasteiger partial charge is 0.341 e. The molecule has 1 N–H and O–H groups in total. The van der Waals surface area contributed by atoms with Crippen LogP contribution in [0.25, 0.3) is 27.8 Å². The number of imidazole rings is 1. The second-order valence-corrected chi connectivity index (χ2v) is 7.05. The third-order valence-electron chi connectivity index (χ3n) is 5.10. The van der Waals surface area contributed by atoms with Crippen molar-refractivity contribution in [1.82, 2.24) is 9.38 Å². The van der Waals surface area contributed by atoms with Crippen molar-refractivity contribution in [3.8, 4) is 17.2 Å². The van der Waals surface area contributed by atoms with Gasteiger partial charge in [-0.25, -0.2) is 4.98 Å². The highest BCUT2D eigenvalue weighted by molar-refractivity contribution is 5.90. The molecule has 0 saturated carbocycles. The van der Waals surface area contributed by atoms with Gasteiger partial charge in [-0.2, -0.15) is 5.26 Å². The zero-order valence-corrected chi connectivity index (χ0v) is 15.9. The van der Waals surface area contributed by atoms with Crippen LogP contribution in [0.4, 0.5) is 11.5 Å². The fourth-order valence-electron chi connectivity index (χ4n) is 3.66. The van der Waals surface area contributed by atoms with E-state index in [1.54, 1.807) is 0 Å². The molecule has 4 heteroatoms. The quantitative estimate of drug-likeness (QED) is 0.416. The van der Waals surface area contributed by atoms with Crippen molar-refractivity contribution < 1.29 is 0 Å². The van der Waals surface area contributed by atoms with Gasteiger partial charge in [0.15, 0.2) is 5.65 Å². The molecule has 0 radical (unpaired) electrons. The smallest absolute Gasteiger partial charge is 0.158 e. The molecule has 29 heavy (non-hydrogen) atoms. The van der Waals surface area contributed by atoms with E-state index in [0.717, 1.165) is 33.7 Å². The molecule has 0 fully saturated rings. The lowest BCUT2D eigenvalue weighted by atomic mass is 10.0. The highest BCUT2D eigenvalue weighted by Crippen LogP contribution is 2.33. The van der Waals surface area contributed by atoms with Crippen LogP contribution in [0, 0.1) is 18.3 Å². The van der Waals surface area contributed by atoms with E-state index >= 15 is 0 Å². The first kappa shape index (κ1) is 17.0. The first-order valence-corrected chi connectivity index (χ1v) is 9.48. The zero-order valence-electron chi connectivity index (χ0n) is 15.9. The predicted octanol–water partition coefficient (Wildman–Crippen LogP) is 6.08. The summed E-state index contributed by atoms with van der Waals surface area (Å²) in [6.45, 7) is 2.07. The predicted molar refractivity (Wildman–Crippen MR) is 117 cm³/mol. The summed E-state index contributed by atoms with van der Waals surface area (Å²) in [5.74, 6) is 0.871. The number of benzene rings is 3. The van der Waals surface area contributed by atoms with Crippen LogP contribution < -0.4 is 5.32 Å². The van der Waals surface area contributed by atoms with Crippen LogP contribution >= 0.6 is 0 Å². The number of pyridine rings is 1. The minimum Gasteiger partial charge on any atom is -0.341 e. The molecule has 2 aromatic heterocycles. The van der Waals surface area contributed by atoms with Crippen molar-refractivity contribution in [3.63, 3.8) is 0 Å². The van der Waals surface area contributed by atoms with Crippen LogP contribution in [0.5, 0.6) is 0 Å². The number of fused-ring (bicyclic) bond motifs is 3. The lowest BCUT2D eigenvalue weighted by molar-refractivity contribution is 1.21. The van der Waals surface area contributed by atoms with Crippen LogP contribution in [0.1, 0.15) is 11.1 Å². The topological polar surface area (TPSA) is 53.1 Å². The van der Waals surface area contributed by atoms with Crippen molar-refractivity contribution in [3.05, 3.63) is 96.1 Å². The number of aromatic nitrogens is 2. The van der Waals surface area contributed by atoms with Gasteiger partial charge in [0.05, 0.1) is 11.0 Å². The Morgan fingerprint density at radius 3 is 2.38 bits per heavy atom. The van der Waals surface area contributed by atoms with Gasteiger partial charge in [-0.3, -0.25) is 4.40 Å². The third kappa shape index (κ3) is 2.90. The van der Waals surface area contributed by atoms with Crippen molar-refractivity contribution >= 4 is 28.2 Å². The molecule has 138 valence electrons. The van der Waals surface area contributed by atoms with Gasteiger partial charge in [-0.15, -0.1) is 0 Å². The summed E-state index contributed by atoms with van der Waals surface area (Å²) in [5, 5.41) is 13.5. The Kier molecular flexibility index (Phi) is 4.00. The maximum Gasteiger partial charge on any atom is 0.158 e. The van der Waals surface area contributed by atoms with Crippen LogP contribution in [-0.2, 0) is 0 Å². The van der Waals surface area contributed by atoms with Gasteiger partial charge >= 0.3 is 0 Å². The fourth-order valence-corrected chi connectivity index (χ4v) is 3.66. The number of nitrogens with one attached hydrogen (secondary N) is 1. The lowest BCUT2D eigenvalue weighted by Gasteiger charge is -2.14. The number of nitriles is 1. The van der Waals surface area contributed by atoms with Gasteiger partial charge in [0.2, 0.25) is 0 Å². The van der Waals surface area contributed by atoms with Gasteiger partial charge in [0, 0.05) is 11.3 Å². The Balaban J connectivity index is 1.84. The first-order chi connectivity index (χ1) is 14.2. The molecule has 0 aliphatic carbocycles. The minimum absolute atomic E-state index is 0.571. The minimum atomic E-state index is 0.571. The highest BCUT2D eigenvalue weighted by atomic mass is 15.1. The first-order valence-electron chi connectivity index (χ1n) is 9.48. The maximum absolute atomic E-state index is 9.99. The molecule has 4 nitrogen and oxygen atoms in total. The van der Waals surface area contributed by atoms with E-state index in [1.165, 1.54) is 5.56 Å². The molecular formula is C25H18N4. The maximum atomic E-state index is 9.99. The Bertz CT molecular complexity index is 1370. The normalized spacial score (nSPS) is 10.9. The molecule has 0 atom stereocenters. The summed E-state index contributed by atoms with van der Waals surface area (Å²) >= 11 is 0. The number of hydrogen-bond donors (Lipinski definition) is 1. The van der Waals surface area contributed by atoms with Gasteiger partial charge in [0.25, 0.3) is 0 Å². The molecule has 5 rings (SSSR count). The standard InChI is InChI=1S/C25H18N4/c1-17-11-13-19(14-12-17)27-24-15-20(18-7-3-2-4-8-18)21(16-26)25-28-22-9-5-6-10-23(22)29(24)25/h2-15,27H,1H3. The molecule has 0 aliphatic heterocycles. The average molecular weight is 374 g/mol. The van der Waals surface area contributed by atoms with Gasteiger partial charge in [-0.05, 0) is 42.8 Å². The number of anilines is 2. The van der Waals surface area contributed by atoms with Crippen molar-refractivity contribution in [2.75, 3.05) is 5.32 Å². The summed E-state index contributed by atoms with van der Waals surface area (Å²) in [6.07, 6.45) is 0. The Morgan fingerprint density at radius 1 is 0.897 bits per heavy atom. The number of hydrogen-bond acceptors (Lipinski definition) is 3. The molecule has 0 aliphatic rings. The molecule has 3 aromatic carbocycles. The van der Waals surface area contributed by atoms with E-state index in [-0.39, 0.29) is 0 Å². The monoisotopic (exact) mass is 374 g/mol. The molecule has 0 spiro atoms. The van der Waals surface area contributed by atoms with Gasteiger partial charge < -0.3 is 5.32 Å². The lowest BCUT2D eigenvalue weighted by Crippen LogP contribution is -2.02. The summed E-state index contributed by atoms with van der Waals surface area (Å²) in [4.78, 5) is 4.79. The zero-order chi connectivity index (χ0) is 19.8. The summed E-state index contributed by atoms with van der Waals surface area (Å²) in [7, 11) is 0. The third-order valence-corrected chi connectivity index (χ3v) is 5.10. The van der Waals surface area contributed by atoms with E-state index in [2.05, 4.69) is 42.6 Å². The second kappa shape index (κ2) is 6.81. The number of rotatable bonds is 3. The van der Waals surface area contributed by atoms with E-state index in [9.17, 15) is 5.26 Å². The number of aryl methyl sites for hydroxylation is 1. The summed E-state index contributed by atoms with van der Waals surface area (Å²) < 4.78 is 2.03. The van der Waals surface area contributed by atoms with Crippen molar-refractivity contribution in [2.45, 2.75) is 6.92 Å². The molecule has 0 saturated heterocycles. The number of para-hydroxylation sites is 2. The molecule has 0 amide bonds. The van der Waals surface area contributed by atoms with Crippen LogP contribution in [-0.4, -0.2) is 9.38 Å². The van der Waals surface area contributed by atoms with Crippen LogP contribution in [0.2, 0.25) is 0 Å². The molecule has 2 heterocycles. The fraction of sp³-hybridized carbons (Fsp3) is 0.0400. The van der Waals surface area contributed by atoms with E-state index in [1.807, 2.05) is 65.1 Å². The number of nitrogens with zero attached hydrogens (tertiary/aromatic N) is 3. The van der Waals surface area contributed by atoms with Crippen LogP contribution in [0.3, 0.4) is 0 Å². The SMILES string of the molecule is Cc1ccc(Nc2cc(-c3ccccc3)c(C#N)c3nc4ccccc4n23)cc1. The van der Waals surface area contributed by atoms with Gasteiger partial charge in [0.1, 0.15) is 17.5 Å². The van der Waals surface area contributed by atoms with E-state index in [0.29, 0.717) is 11.2 Å². The summed E-state index contributed by atoms with van der Waals surface area (Å²) in [6, 6.07) is 30.6. The molecule has 5 aromatic rings. The van der Waals surface area contributed by atoms with E-state index < -0.39 is 0 Å². The molecule has 0 bridgehead atoms. The molecule has 0 unspecified atom stereocenters. The van der Waals surface area contributed by atoms with Crippen molar-refractivity contribution in [1.29, 1.82) is 5.26 Å². The Morgan fingerprint density at radius 2 is 1.62 bits per heavy atom. The molecular weight excluding hydrogens is 356 g/mol.